The molecule has 162 valence electrons. The molecule has 1 aromatic heterocycles. The van der Waals surface area contributed by atoms with Crippen LogP contribution in [0, 0.1) is 11.6 Å². The average molecular weight is 441 g/mol. The molecule has 12 heteroatoms. The summed E-state index contributed by atoms with van der Waals surface area (Å²) < 4.78 is 56.8. The summed E-state index contributed by atoms with van der Waals surface area (Å²) in [5, 5.41) is 3.12. The van der Waals surface area contributed by atoms with Gasteiger partial charge in [-0.05, 0) is 25.0 Å². The van der Waals surface area contributed by atoms with Gasteiger partial charge in [-0.25, -0.2) is 26.5 Å². The number of aromatic nitrogens is 2. The first-order valence-electron chi connectivity index (χ1n) is 9.08. The summed E-state index contributed by atoms with van der Waals surface area (Å²) in [7, 11) is -3.20. The maximum atomic E-state index is 13.7. The third kappa shape index (κ3) is 5.00. The number of aldehydes is 1. The lowest BCUT2D eigenvalue weighted by Crippen LogP contribution is -2.42. The van der Waals surface area contributed by atoms with Crippen LogP contribution < -0.4 is 15.8 Å². The molecular weight excluding hydrogens is 420 g/mol. The number of nitrogen functional groups attached to an aromatic ring is 1. The maximum Gasteiger partial charge on any atom is 0.224 e. The molecule has 0 radical (unpaired) electrons. The minimum absolute atomic E-state index is 0.00170. The van der Waals surface area contributed by atoms with Gasteiger partial charge in [0, 0.05) is 25.3 Å². The van der Waals surface area contributed by atoms with E-state index in [1.807, 2.05) is 0 Å². The lowest BCUT2D eigenvalue weighted by molar-refractivity contribution is 0.111. The van der Waals surface area contributed by atoms with Crippen molar-refractivity contribution in [3.8, 4) is 5.75 Å². The fourth-order valence-electron chi connectivity index (χ4n) is 3.05. The van der Waals surface area contributed by atoms with Crippen LogP contribution in [0.1, 0.15) is 28.8 Å². The molecule has 2 aromatic rings. The van der Waals surface area contributed by atoms with Crippen molar-refractivity contribution in [3.63, 3.8) is 0 Å². The highest BCUT2D eigenvalue weighted by atomic mass is 32.2. The van der Waals surface area contributed by atoms with Gasteiger partial charge in [-0.3, -0.25) is 4.79 Å². The molecule has 9 nitrogen and oxygen atoms in total. The van der Waals surface area contributed by atoms with Crippen molar-refractivity contribution in [2.24, 2.45) is 0 Å². The van der Waals surface area contributed by atoms with Crippen molar-refractivity contribution in [2.75, 3.05) is 30.4 Å². The second kappa shape index (κ2) is 8.88. The summed E-state index contributed by atoms with van der Waals surface area (Å²) in [6, 6.07) is 2.01. The Morgan fingerprint density at radius 1 is 1.33 bits per heavy atom. The number of hydrogen-bond donors (Lipinski definition) is 2. The Kier molecular flexibility index (Phi) is 6.46. The number of ether oxygens (including phenoxy) is 1. The zero-order valence-electron chi connectivity index (χ0n) is 16.1. The van der Waals surface area contributed by atoms with Crippen molar-refractivity contribution in [3.05, 3.63) is 41.1 Å². The van der Waals surface area contributed by atoms with Gasteiger partial charge in [0.05, 0.1) is 17.4 Å². The normalized spacial score (nSPS) is 15.7. The third-order valence-corrected chi connectivity index (χ3v) is 6.05. The van der Waals surface area contributed by atoms with Crippen molar-refractivity contribution >= 4 is 28.1 Å². The number of rotatable bonds is 7. The lowest BCUT2D eigenvalue weighted by Gasteiger charge is -2.30. The van der Waals surface area contributed by atoms with Crippen LogP contribution in [0.5, 0.6) is 5.75 Å². The minimum atomic E-state index is -3.20. The van der Waals surface area contributed by atoms with E-state index < -0.39 is 27.2 Å². The van der Waals surface area contributed by atoms with Crippen molar-refractivity contribution in [1.29, 1.82) is 0 Å². The van der Waals surface area contributed by atoms with Gasteiger partial charge in [0.15, 0.2) is 17.9 Å². The first-order valence-corrected chi connectivity index (χ1v) is 10.9. The van der Waals surface area contributed by atoms with Gasteiger partial charge >= 0.3 is 0 Å². The molecule has 1 saturated heterocycles. The summed E-state index contributed by atoms with van der Waals surface area (Å²) in [5.41, 5.74) is 5.81. The van der Waals surface area contributed by atoms with Gasteiger partial charge in [-0.15, -0.1) is 0 Å². The number of anilines is 2. The quantitative estimate of drug-likeness (QED) is 0.620. The first kappa shape index (κ1) is 21.8. The number of hydrogen-bond acceptors (Lipinski definition) is 8. The van der Waals surface area contributed by atoms with Crippen LogP contribution in [0.15, 0.2) is 18.3 Å². The zero-order valence-corrected chi connectivity index (χ0v) is 17.0. The minimum Gasteiger partial charge on any atom is -0.488 e. The molecule has 0 unspecified atom stereocenters. The molecule has 0 spiro atoms. The Hall–Kier alpha value is -2.86. The van der Waals surface area contributed by atoms with Gasteiger partial charge in [-0.1, -0.05) is 0 Å². The Bertz CT molecular complexity index is 1040. The molecule has 0 aliphatic carbocycles. The fraction of sp³-hybridized carbons (Fsp3) is 0.389. The van der Waals surface area contributed by atoms with Crippen molar-refractivity contribution < 1.29 is 26.7 Å². The number of nitrogens with two attached hydrogens (primary N) is 1. The summed E-state index contributed by atoms with van der Waals surface area (Å²) in [5.74, 6) is -2.15. The standard InChI is InChI=1S/C18H21F2N5O4S/c1-30(27,28)25-6-4-12(5-7-25)23-18-22-8-11(17(21)24-18)10-29-15-3-2-14(19)16(20)13(15)9-26/h2-3,8-9,12H,4-7,10H2,1H3,(H3,21,22,23,24). The number of nitrogens with zero attached hydrogens (tertiary/aromatic N) is 3. The van der Waals surface area contributed by atoms with E-state index in [1.54, 1.807) is 0 Å². The van der Waals surface area contributed by atoms with E-state index in [0.29, 0.717) is 31.5 Å². The van der Waals surface area contributed by atoms with Crippen LogP contribution in [-0.4, -0.2) is 54.4 Å². The number of nitrogens with one attached hydrogen (secondary N) is 1. The molecule has 2 heterocycles. The Balaban J connectivity index is 1.61. The van der Waals surface area contributed by atoms with Crippen LogP contribution in [0.2, 0.25) is 0 Å². The molecular formula is C18H21F2N5O4S. The highest BCUT2D eigenvalue weighted by Crippen LogP contribution is 2.24. The number of carbonyl (C=O) groups is 1. The van der Waals surface area contributed by atoms with Crippen molar-refractivity contribution in [2.45, 2.75) is 25.5 Å². The molecule has 1 fully saturated rings. The molecule has 3 N–H and O–H groups in total. The number of piperidine rings is 1. The lowest BCUT2D eigenvalue weighted by atomic mass is 10.1. The first-order chi connectivity index (χ1) is 14.2. The van der Waals surface area contributed by atoms with E-state index in [0.717, 1.165) is 12.1 Å². The molecule has 3 rings (SSSR count). The monoisotopic (exact) mass is 441 g/mol. The molecule has 1 aliphatic rings. The number of halogens is 2. The zero-order chi connectivity index (χ0) is 21.9. The Morgan fingerprint density at radius 3 is 2.63 bits per heavy atom. The molecule has 1 aromatic carbocycles. The van der Waals surface area contributed by atoms with E-state index >= 15 is 0 Å². The topological polar surface area (TPSA) is 128 Å². The van der Waals surface area contributed by atoms with E-state index in [9.17, 15) is 22.0 Å². The van der Waals surface area contributed by atoms with Crippen LogP contribution in [-0.2, 0) is 16.6 Å². The highest BCUT2D eigenvalue weighted by Gasteiger charge is 2.25. The Morgan fingerprint density at radius 2 is 2.03 bits per heavy atom. The smallest absolute Gasteiger partial charge is 0.224 e. The van der Waals surface area contributed by atoms with Gasteiger partial charge < -0.3 is 15.8 Å². The summed E-state index contributed by atoms with van der Waals surface area (Å²) in [4.78, 5) is 19.3. The molecule has 0 amide bonds. The maximum absolute atomic E-state index is 13.7. The highest BCUT2D eigenvalue weighted by molar-refractivity contribution is 7.88. The second-order valence-electron chi connectivity index (χ2n) is 6.86. The van der Waals surface area contributed by atoms with Gasteiger partial charge in [0.25, 0.3) is 0 Å². The predicted octanol–water partition coefficient (Wildman–Crippen LogP) is 1.56. The number of sulfonamides is 1. The number of carbonyl (C=O) groups excluding carboxylic acids is 1. The summed E-state index contributed by atoms with van der Waals surface area (Å²) >= 11 is 0. The van der Waals surface area contributed by atoms with Crippen LogP contribution >= 0.6 is 0 Å². The van der Waals surface area contributed by atoms with Crippen molar-refractivity contribution in [1.82, 2.24) is 14.3 Å². The second-order valence-corrected chi connectivity index (χ2v) is 8.85. The SMILES string of the molecule is CS(=O)(=O)N1CCC(Nc2ncc(COc3ccc(F)c(F)c3C=O)c(N)n2)CC1. The van der Waals surface area contributed by atoms with Gasteiger partial charge in [0.1, 0.15) is 18.2 Å². The van der Waals surface area contributed by atoms with Gasteiger partial charge in [0.2, 0.25) is 16.0 Å². The van der Waals surface area contributed by atoms with Crippen LogP contribution in [0.3, 0.4) is 0 Å². The molecule has 0 bridgehead atoms. The third-order valence-electron chi connectivity index (χ3n) is 4.75. The molecule has 0 atom stereocenters. The van der Waals surface area contributed by atoms with Gasteiger partial charge in [-0.2, -0.15) is 4.98 Å². The van der Waals surface area contributed by atoms with E-state index in [1.165, 1.54) is 16.8 Å². The fourth-order valence-corrected chi connectivity index (χ4v) is 3.93. The summed E-state index contributed by atoms with van der Waals surface area (Å²) in [6.45, 7) is 0.668. The average Bonchev–Trinajstić information content (AvgIpc) is 2.69. The van der Waals surface area contributed by atoms with E-state index in [2.05, 4.69) is 15.3 Å². The molecule has 0 saturated carbocycles. The van der Waals surface area contributed by atoms with Crippen LogP contribution in [0.25, 0.3) is 0 Å². The molecule has 1 aliphatic heterocycles. The van der Waals surface area contributed by atoms with E-state index in [4.69, 9.17) is 10.5 Å². The van der Waals surface area contributed by atoms with Crippen LogP contribution in [0.4, 0.5) is 20.5 Å². The predicted molar refractivity (Wildman–Crippen MR) is 106 cm³/mol. The number of benzene rings is 1. The largest absolute Gasteiger partial charge is 0.488 e. The summed E-state index contributed by atoms with van der Waals surface area (Å²) in [6.07, 6.45) is 3.99. The van der Waals surface area contributed by atoms with E-state index in [-0.39, 0.29) is 36.5 Å². The molecule has 30 heavy (non-hydrogen) atoms. The Labute approximate surface area is 172 Å².